The summed E-state index contributed by atoms with van der Waals surface area (Å²) in [7, 11) is 0. The molecule has 0 aliphatic rings. The standard InChI is InChI=1S/C13H14F3NO2S2/c1-9-8-11(21-10(9)4-2-3-6-18)12(19)17-5-7-20-13(14,15)16/h8,18H,3,5-7H2,1H3,(H,17,19). The Bertz CT molecular complexity index is 544. The van der Waals surface area contributed by atoms with Gasteiger partial charge >= 0.3 is 5.51 Å². The summed E-state index contributed by atoms with van der Waals surface area (Å²) in [5.74, 6) is 4.99. The van der Waals surface area contributed by atoms with Gasteiger partial charge in [0.1, 0.15) is 0 Å². The average molecular weight is 337 g/mol. The lowest BCUT2D eigenvalue weighted by Gasteiger charge is -2.05. The summed E-state index contributed by atoms with van der Waals surface area (Å²) in [6.45, 7) is 1.73. The van der Waals surface area contributed by atoms with Crippen molar-refractivity contribution in [3.63, 3.8) is 0 Å². The predicted octanol–water partition coefficient (Wildman–Crippen LogP) is 2.77. The molecule has 0 aromatic carbocycles. The van der Waals surface area contributed by atoms with E-state index in [9.17, 15) is 18.0 Å². The van der Waals surface area contributed by atoms with Crippen molar-refractivity contribution in [3.8, 4) is 11.8 Å². The first kappa shape index (κ1) is 17.9. The maximum Gasteiger partial charge on any atom is 0.441 e. The third-order valence-corrected chi connectivity index (χ3v) is 4.12. The topological polar surface area (TPSA) is 49.3 Å². The Morgan fingerprint density at radius 3 is 2.86 bits per heavy atom. The van der Waals surface area contributed by atoms with Gasteiger partial charge in [-0.2, -0.15) is 13.2 Å². The number of carbonyl (C=O) groups is 1. The molecular weight excluding hydrogens is 323 g/mol. The fourth-order valence-electron chi connectivity index (χ4n) is 1.34. The van der Waals surface area contributed by atoms with E-state index in [-0.39, 0.29) is 30.7 Å². The second kappa shape index (κ2) is 8.32. The molecule has 0 unspecified atom stereocenters. The Morgan fingerprint density at radius 1 is 1.52 bits per heavy atom. The Kier molecular flexibility index (Phi) is 7.08. The van der Waals surface area contributed by atoms with Crippen molar-refractivity contribution in [2.24, 2.45) is 0 Å². The molecule has 116 valence electrons. The van der Waals surface area contributed by atoms with Gasteiger partial charge in [-0.25, -0.2) is 0 Å². The van der Waals surface area contributed by atoms with Crippen molar-refractivity contribution in [1.29, 1.82) is 0 Å². The third kappa shape index (κ3) is 6.89. The van der Waals surface area contributed by atoms with Gasteiger partial charge in [0.2, 0.25) is 0 Å². The third-order valence-electron chi connectivity index (χ3n) is 2.23. The Labute approximate surface area is 128 Å². The van der Waals surface area contributed by atoms with Crippen LogP contribution in [-0.2, 0) is 0 Å². The molecule has 2 N–H and O–H groups in total. The number of thiophene rings is 1. The number of carbonyl (C=O) groups excluding carboxylic acids is 1. The Balaban J connectivity index is 2.52. The maximum absolute atomic E-state index is 11.9. The second-order valence-corrected chi connectivity index (χ2v) is 6.16. The van der Waals surface area contributed by atoms with Crippen LogP contribution in [0, 0.1) is 18.8 Å². The summed E-state index contributed by atoms with van der Waals surface area (Å²) in [6, 6.07) is 1.65. The molecule has 0 aliphatic heterocycles. The molecule has 1 rings (SSSR count). The number of hydrogen-bond donors (Lipinski definition) is 2. The van der Waals surface area contributed by atoms with Crippen LogP contribution < -0.4 is 5.32 Å². The van der Waals surface area contributed by atoms with E-state index in [2.05, 4.69) is 17.2 Å². The minimum Gasteiger partial charge on any atom is -0.395 e. The number of aliphatic hydroxyl groups excluding tert-OH is 1. The fourth-order valence-corrected chi connectivity index (χ4v) is 2.73. The van der Waals surface area contributed by atoms with Crippen LogP contribution >= 0.6 is 23.1 Å². The van der Waals surface area contributed by atoms with E-state index >= 15 is 0 Å². The Hall–Kier alpha value is -1.17. The van der Waals surface area contributed by atoms with Gasteiger partial charge in [-0.15, -0.1) is 11.3 Å². The number of nitrogens with one attached hydrogen (secondary N) is 1. The van der Waals surface area contributed by atoms with Crippen LogP contribution in [-0.4, -0.2) is 35.4 Å². The minimum absolute atomic E-state index is 0.0262. The van der Waals surface area contributed by atoms with Crippen LogP contribution in [0.1, 0.15) is 26.5 Å². The van der Waals surface area contributed by atoms with Crippen molar-refractivity contribution in [2.45, 2.75) is 18.9 Å². The van der Waals surface area contributed by atoms with Crippen LogP contribution in [0.25, 0.3) is 0 Å². The zero-order valence-corrected chi connectivity index (χ0v) is 12.8. The normalized spacial score (nSPS) is 10.9. The van der Waals surface area contributed by atoms with E-state index in [1.54, 1.807) is 13.0 Å². The number of aryl methyl sites for hydroxylation is 1. The number of rotatable bonds is 5. The average Bonchev–Trinajstić information content (AvgIpc) is 2.75. The van der Waals surface area contributed by atoms with E-state index in [0.29, 0.717) is 11.3 Å². The van der Waals surface area contributed by atoms with Gasteiger partial charge in [0, 0.05) is 18.7 Å². The first-order chi connectivity index (χ1) is 9.83. The van der Waals surface area contributed by atoms with Crippen LogP contribution in [0.15, 0.2) is 6.07 Å². The number of hydrogen-bond acceptors (Lipinski definition) is 4. The minimum atomic E-state index is -4.28. The number of amides is 1. The first-order valence-electron chi connectivity index (χ1n) is 6.02. The van der Waals surface area contributed by atoms with Gasteiger partial charge < -0.3 is 10.4 Å². The number of aliphatic hydroxyl groups is 1. The highest BCUT2D eigenvalue weighted by atomic mass is 32.2. The smallest absolute Gasteiger partial charge is 0.395 e. The summed E-state index contributed by atoms with van der Waals surface area (Å²) in [4.78, 5) is 12.9. The highest BCUT2D eigenvalue weighted by Gasteiger charge is 2.27. The zero-order valence-electron chi connectivity index (χ0n) is 11.2. The zero-order chi connectivity index (χ0) is 15.9. The molecule has 0 atom stereocenters. The van der Waals surface area contributed by atoms with E-state index in [0.717, 1.165) is 10.4 Å². The monoisotopic (exact) mass is 337 g/mol. The molecular formula is C13H14F3NO2S2. The molecule has 0 bridgehead atoms. The van der Waals surface area contributed by atoms with Crippen molar-refractivity contribution < 1.29 is 23.1 Å². The number of halogens is 3. The lowest BCUT2D eigenvalue weighted by molar-refractivity contribution is -0.0327. The van der Waals surface area contributed by atoms with Crippen molar-refractivity contribution >= 4 is 29.0 Å². The SMILES string of the molecule is Cc1cc(C(=O)NCCSC(F)(F)F)sc1C#CCCO. The van der Waals surface area contributed by atoms with Crippen molar-refractivity contribution in [1.82, 2.24) is 5.32 Å². The summed E-state index contributed by atoms with van der Waals surface area (Å²) < 4.78 is 35.8. The van der Waals surface area contributed by atoms with Gasteiger partial charge in [0.15, 0.2) is 0 Å². The number of alkyl halides is 3. The molecule has 0 spiro atoms. The van der Waals surface area contributed by atoms with Gasteiger partial charge in [-0.05, 0) is 30.3 Å². The largest absolute Gasteiger partial charge is 0.441 e. The molecule has 8 heteroatoms. The van der Waals surface area contributed by atoms with E-state index in [1.165, 1.54) is 11.3 Å². The van der Waals surface area contributed by atoms with Crippen molar-refractivity contribution in [3.05, 3.63) is 21.4 Å². The highest BCUT2D eigenvalue weighted by molar-refractivity contribution is 8.00. The van der Waals surface area contributed by atoms with E-state index < -0.39 is 11.4 Å². The molecule has 1 heterocycles. The van der Waals surface area contributed by atoms with Gasteiger partial charge in [-0.3, -0.25) is 4.79 Å². The quantitative estimate of drug-likeness (QED) is 0.642. The summed E-state index contributed by atoms with van der Waals surface area (Å²) in [5, 5.41) is 11.1. The molecule has 1 aromatic heterocycles. The molecule has 0 aliphatic carbocycles. The second-order valence-electron chi connectivity index (χ2n) is 3.95. The molecule has 0 fully saturated rings. The molecule has 3 nitrogen and oxygen atoms in total. The Morgan fingerprint density at radius 2 is 2.24 bits per heavy atom. The summed E-state index contributed by atoms with van der Waals surface area (Å²) >= 11 is 1.02. The summed E-state index contributed by atoms with van der Waals surface area (Å²) in [6.07, 6.45) is 0.355. The van der Waals surface area contributed by atoms with E-state index in [4.69, 9.17) is 5.11 Å². The molecule has 0 saturated carbocycles. The highest BCUT2D eigenvalue weighted by Crippen LogP contribution is 2.29. The molecule has 1 amide bonds. The van der Waals surface area contributed by atoms with Crippen LogP contribution in [0.2, 0.25) is 0 Å². The van der Waals surface area contributed by atoms with Crippen LogP contribution in [0.4, 0.5) is 13.2 Å². The molecule has 0 saturated heterocycles. The molecule has 1 aromatic rings. The number of thioether (sulfide) groups is 1. The molecule has 21 heavy (non-hydrogen) atoms. The lowest BCUT2D eigenvalue weighted by atomic mass is 10.2. The molecule has 0 radical (unpaired) electrons. The lowest BCUT2D eigenvalue weighted by Crippen LogP contribution is -2.25. The van der Waals surface area contributed by atoms with Crippen LogP contribution in [0.5, 0.6) is 0 Å². The predicted molar refractivity (Wildman–Crippen MR) is 78.5 cm³/mol. The first-order valence-corrected chi connectivity index (χ1v) is 7.82. The fraction of sp³-hybridized carbons (Fsp3) is 0.462. The van der Waals surface area contributed by atoms with Gasteiger partial charge in [0.25, 0.3) is 5.91 Å². The van der Waals surface area contributed by atoms with Crippen LogP contribution in [0.3, 0.4) is 0 Å². The van der Waals surface area contributed by atoms with E-state index in [1.807, 2.05) is 0 Å². The maximum atomic E-state index is 11.9. The summed E-state index contributed by atoms with van der Waals surface area (Å²) in [5.41, 5.74) is -3.44. The van der Waals surface area contributed by atoms with Gasteiger partial charge in [-0.1, -0.05) is 11.8 Å². The van der Waals surface area contributed by atoms with Gasteiger partial charge in [0.05, 0.1) is 16.4 Å². The van der Waals surface area contributed by atoms with Crippen molar-refractivity contribution in [2.75, 3.05) is 18.9 Å².